The Hall–Kier alpha value is -1.82. The van der Waals surface area contributed by atoms with Crippen LogP contribution in [-0.2, 0) is 6.54 Å². The summed E-state index contributed by atoms with van der Waals surface area (Å²) in [6, 6.07) is 13.7. The second-order valence-electron chi connectivity index (χ2n) is 4.91. The fraction of sp³-hybridized carbons (Fsp3) is 0.118. The topological polar surface area (TPSA) is 42.2 Å². The first kappa shape index (κ1) is 14.1. The lowest BCUT2D eigenvalue weighted by atomic mass is 10.1. The number of carbonyl (C=O) groups excluding carboxylic acids is 1. The van der Waals surface area contributed by atoms with Gasteiger partial charge in [0.2, 0.25) is 0 Å². The lowest BCUT2D eigenvalue weighted by Gasteiger charge is -2.09. The molecular formula is C17H14INO2. The third-order valence-electron chi connectivity index (χ3n) is 3.42. The Labute approximate surface area is 136 Å². The molecule has 0 aliphatic heterocycles. The van der Waals surface area contributed by atoms with Crippen LogP contribution in [0.5, 0.6) is 0 Å². The number of hydrogen-bond acceptors (Lipinski definition) is 2. The van der Waals surface area contributed by atoms with E-state index in [0.29, 0.717) is 6.54 Å². The molecular weight excluding hydrogens is 377 g/mol. The van der Waals surface area contributed by atoms with Gasteiger partial charge < -0.3 is 9.73 Å². The third kappa shape index (κ3) is 2.95. The maximum atomic E-state index is 12.3. The summed E-state index contributed by atoms with van der Waals surface area (Å²) in [5.74, 6) is -0.0444. The highest BCUT2D eigenvalue weighted by Gasteiger charge is 2.12. The Bertz CT molecular complexity index is 787. The van der Waals surface area contributed by atoms with Crippen molar-refractivity contribution < 1.29 is 9.21 Å². The molecule has 0 saturated carbocycles. The minimum absolute atomic E-state index is 0.0444. The molecule has 2 aromatic carbocycles. The van der Waals surface area contributed by atoms with Gasteiger partial charge in [0.1, 0.15) is 5.58 Å². The normalized spacial score (nSPS) is 10.8. The summed E-state index contributed by atoms with van der Waals surface area (Å²) >= 11 is 2.19. The van der Waals surface area contributed by atoms with E-state index in [1.165, 1.54) is 0 Å². The SMILES string of the molecule is Cc1cccc(I)c1C(=O)NCc1ccc2ccoc2c1. The summed E-state index contributed by atoms with van der Waals surface area (Å²) < 4.78 is 6.34. The first-order valence-electron chi connectivity index (χ1n) is 6.64. The lowest BCUT2D eigenvalue weighted by molar-refractivity contribution is 0.0949. The molecule has 0 unspecified atom stereocenters. The van der Waals surface area contributed by atoms with Crippen molar-refractivity contribution in [3.8, 4) is 0 Å². The van der Waals surface area contributed by atoms with Gasteiger partial charge in [-0.1, -0.05) is 24.3 Å². The summed E-state index contributed by atoms with van der Waals surface area (Å²) in [6.45, 7) is 2.44. The fourth-order valence-electron chi connectivity index (χ4n) is 2.30. The molecule has 1 heterocycles. The summed E-state index contributed by atoms with van der Waals surface area (Å²) in [6.07, 6.45) is 1.67. The molecule has 0 aliphatic carbocycles. The number of rotatable bonds is 3. The molecule has 0 bridgehead atoms. The number of benzene rings is 2. The van der Waals surface area contributed by atoms with Crippen LogP contribution in [0.4, 0.5) is 0 Å². The molecule has 21 heavy (non-hydrogen) atoms. The molecule has 0 atom stereocenters. The Kier molecular flexibility index (Phi) is 3.96. The molecule has 3 nitrogen and oxygen atoms in total. The molecule has 106 valence electrons. The molecule has 1 N–H and O–H groups in total. The van der Waals surface area contributed by atoms with E-state index in [-0.39, 0.29) is 5.91 Å². The van der Waals surface area contributed by atoms with Crippen LogP contribution in [0.3, 0.4) is 0 Å². The minimum atomic E-state index is -0.0444. The van der Waals surface area contributed by atoms with Crippen molar-refractivity contribution in [1.29, 1.82) is 0 Å². The largest absolute Gasteiger partial charge is 0.464 e. The molecule has 0 aliphatic rings. The van der Waals surface area contributed by atoms with Gasteiger partial charge in [0.05, 0.1) is 11.8 Å². The Morgan fingerprint density at radius 2 is 2.10 bits per heavy atom. The molecule has 0 spiro atoms. The van der Waals surface area contributed by atoms with E-state index in [0.717, 1.165) is 31.2 Å². The number of nitrogens with one attached hydrogen (secondary N) is 1. The summed E-state index contributed by atoms with van der Waals surface area (Å²) in [5, 5.41) is 4.04. The van der Waals surface area contributed by atoms with Gasteiger partial charge in [0.25, 0.3) is 5.91 Å². The standard InChI is InChI=1S/C17H14INO2/c1-11-3-2-4-14(18)16(11)17(20)19-10-12-5-6-13-7-8-21-15(13)9-12/h2-9H,10H2,1H3,(H,19,20). The number of halogens is 1. The van der Waals surface area contributed by atoms with Crippen molar-refractivity contribution in [2.24, 2.45) is 0 Å². The molecule has 3 rings (SSSR count). The van der Waals surface area contributed by atoms with E-state index in [4.69, 9.17) is 4.42 Å². The van der Waals surface area contributed by atoms with Gasteiger partial charge in [0.15, 0.2) is 0 Å². The number of carbonyl (C=O) groups is 1. The molecule has 1 amide bonds. The van der Waals surface area contributed by atoms with Gasteiger partial charge in [-0.3, -0.25) is 4.79 Å². The zero-order valence-corrected chi connectivity index (χ0v) is 13.7. The summed E-state index contributed by atoms with van der Waals surface area (Å²) in [4.78, 5) is 12.3. The van der Waals surface area contributed by atoms with Crippen LogP contribution in [0.2, 0.25) is 0 Å². The second kappa shape index (κ2) is 5.89. The number of aryl methyl sites for hydroxylation is 1. The van der Waals surface area contributed by atoms with Crippen LogP contribution in [0.25, 0.3) is 11.0 Å². The quantitative estimate of drug-likeness (QED) is 0.678. The maximum Gasteiger partial charge on any atom is 0.252 e. The van der Waals surface area contributed by atoms with Crippen LogP contribution in [0.1, 0.15) is 21.5 Å². The molecule has 4 heteroatoms. The number of furan rings is 1. The van der Waals surface area contributed by atoms with Crippen LogP contribution < -0.4 is 5.32 Å². The third-order valence-corrected chi connectivity index (χ3v) is 4.32. The Morgan fingerprint density at radius 1 is 1.24 bits per heavy atom. The van der Waals surface area contributed by atoms with Gasteiger partial charge in [0, 0.05) is 15.5 Å². The van der Waals surface area contributed by atoms with Crippen LogP contribution in [-0.4, -0.2) is 5.91 Å². The molecule has 3 aromatic rings. The van der Waals surface area contributed by atoms with Crippen LogP contribution in [0, 0.1) is 10.5 Å². The smallest absolute Gasteiger partial charge is 0.252 e. The molecule has 1 aromatic heterocycles. The van der Waals surface area contributed by atoms with Gasteiger partial charge in [-0.05, 0) is 58.8 Å². The first-order chi connectivity index (χ1) is 10.1. The van der Waals surface area contributed by atoms with E-state index in [9.17, 15) is 4.79 Å². The van der Waals surface area contributed by atoms with E-state index >= 15 is 0 Å². The van der Waals surface area contributed by atoms with E-state index in [1.54, 1.807) is 6.26 Å². The number of hydrogen-bond donors (Lipinski definition) is 1. The van der Waals surface area contributed by atoms with Gasteiger partial charge in [-0.25, -0.2) is 0 Å². The van der Waals surface area contributed by atoms with Crippen molar-refractivity contribution in [3.63, 3.8) is 0 Å². The van der Waals surface area contributed by atoms with E-state index < -0.39 is 0 Å². The summed E-state index contributed by atoms with van der Waals surface area (Å²) in [5.41, 5.74) is 3.60. The van der Waals surface area contributed by atoms with Gasteiger partial charge >= 0.3 is 0 Å². The number of fused-ring (bicyclic) bond motifs is 1. The average Bonchev–Trinajstić information content (AvgIpc) is 2.92. The minimum Gasteiger partial charge on any atom is -0.464 e. The summed E-state index contributed by atoms with van der Waals surface area (Å²) in [7, 11) is 0. The molecule has 0 saturated heterocycles. The fourth-order valence-corrected chi connectivity index (χ4v) is 3.18. The van der Waals surface area contributed by atoms with Crippen molar-refractivity contribution in [2.75, 3.05) is 0 Å². The Morgan fingerprint density at radius 3 is 2.90 bits per heavy atom. The van der Waals surface area contributed by atoms with Gasteiger partial charge in [-0.2, -0.15) is 0 Å². The van der Waals surface area contributed by atoms with Gasteiger partial charge in [-0.15, -0.1) is 0 Å². The molecule has 0 fully saturated rings. The Balaban J connectivity index is 1.76. The second-order valence-corrected chi connectivity index (χ2v) is 6.07. The zero-order chi connectivity index (χ0) is 14.8. The first-order valence-corrected chi connectivity index (χ1v) is 7.72. The average molecular weight is 391 g/mol. The monoisotopic (exact) mass is 391 g/mol. The highest BCUT2D eigenvalue weighted by atomic mass is 127. The lowest BCUT2D eigenvalue weighted by Crippen LogP contribution is -2.24. The maximum absolute atomic E-state index is 12.3. The predicted molar refractivity (Wildman–Crippen MR) is 91.3 cm³/mol. The van der Waals surface area contributed by atoms with Crippen molar-refractivity contribution >= 4 is 39.5 Å². The number of amides is 1. The van der Waals surface area contributed by atoms with Crippen molar-refractivity contribution in [3.05, 3.63) is 69.0 Å². The van der Waals surface area contributed by atoms with E-state index in [1.807, 2.05) is 49.4 Å². The van der Waals surface area contributed by atoms with E-state index in [2.05, 4.69) is 27.9 Å². The zero-order valence-electron chi connectivity index (χ0n) is 11.5. The highest BCUT2D eigenvalue weighted by molar-refractivity contribution is 14.1. The van der Waals surface area contributed by atoms with Crippen molar-refractivity contribution in [2.45, 2.75) is 13.5 Å². The van der Waals surface area contributed by atoms with Crippen LogP contribution >= 0.6 is 22.6 Å². The predicted octanol–water partition coefficient (Wildman–Crippen LogP) is 4.28. The van der Waals surface area contributed by atoms with Crippen LogP contribution in [0.15, 0.2) is 53.1 Å². The highest BCUT2D eigenvalue weighted by Crippen LogP contribution is 2.18. The van der Waals surface area contributed by atoms with Crippen molar-refractivity contribution in [1.82, 2.24) is 5.32 Å². The molecule has 0 radical (unpaired) electrons.